The highest BCUT2D eigenvalue weighted by Crippen LogP contribution is 2.22. The maximum absolute atomic E-state index is 12.1. The molecule has 5 nitrogen and oxygen atoms in total. The summed E-state index contributed by atoms with van der Waals surface area (Å²) in [6.07, 6.45) is 9.83. The first-order valence-electron chi connectivity index (χ1n) is 8.47. The van der Waals surface area contributed by atoms with Gasteiger partial charge in [-0.15, -0.1) is 0 Å². The molecule has 0 unspecified atom stereocenters. The summed E-state index contributed by atoms with van der Waals surface area (Å²) in [5.41, 5.74) is 0.935. The summed E-state index contributed by atoms with van der Waals surface area (Å²) >= 11 is 11.6. The first-order valence-corrected chi connectivity index (χ1v) is 9.22. The van der Waals surface area contributed by atoms with Gasteiger partial charge in [-0.3, -0.25) is 4.79 Å². The van der Waals surface area contributed by atoms with E-state index < -0.39 is 0 Å². The van der Waals surface area contributed by atoms with E-state index in [-0.39, 0.29) is 18.1 Å². The van der Waals surface area contributed by atoms with Gasteiger partial charge in [-0.1, -0.05) is 35.3 Å². The summed E-state index contributed by atoms with van der Waals surface area (Å²) < 4.78 is 5.76. The van der Waals surface area contributed by atoms with Crippen molar-refractivity contribution in [2.75, 3.05) is 0 Å². The fourth-order valence-corrected chi connectivity index (χ4v) is 3.05. The Morgan fingerprint density at radius 3 is 2.35 bits per heavy atom. The van der Waals surface area contributed by atoms with Crippen LogP contribution in [0, 0.1) is 0 Å². The molecule has 0 aliphatic heterocycles. The Labute approximate surface area is 162 Å². The van der Waals surface area contributed by atoms with E-state index in [1.165, 1.54) is 12.4 Å². The number of ether oxygens (including phenoxy) is 1. The summed E-state index contributed by atoms with van der Waals surface area (Å²) in [4.78, 5) is 20.2. The van der Waals surface area contributed by atoms with Gasteiger partial charge in [-0.2, -0.15) is 0 Å². The average Bonchev–Trinajstić information content (AvgIpc) is 2.65. The number of nitrogens with one attached hydrogen (secondary N) is 1. The number of halogens is 2. The molecule has 1 aliphatic carbocycles. The van der Waals surface area contributed by atoms with Crippen LogP contribution in [-0.2, 0) is 4.79 Å². The highest BCUT2D eigenvalue weighted by molar-refractivity contribution is 6.30. The second-order valence-corrected chi connectivity index (χ2v) is 7.04. The molecule has 1 amide bonds. The summed E-state index contributed by atoms with van der Waals surface area (Å²) in [5, 5.41) is 4.19. The second-order valence-electron chi connectivity index (χ2n) is 6.17. The van der Waals surface area contributed by atoms with Crippen molar-refractivity contribution in [3.8, 4) is 6.01 Å². The van der Waals surface area contributed by atoms with Gasteiger partial charge >= 0.3 is 6.01 Å². The Kier molecular flexibility index (Phi) is 6.47. The predicted molar refractivity (Wildman–Crippen MR) is 102 cm³/mol. The van der Waals surface area contributed by atoms with Crippen molar-refractivity contribution < 1.29 is 9.53 Å². The van der Waals surface area contributed by atoms with Crippen LogP contribution in [0.4, 0.5) is 0 Å². The monoisotopic (exact) mass is 391 g/mol. The van der Waals surface area contributed by atoms with Crippen LogP contribution in [0.5, 0.6) is 6.01 Å². The fraction of sp³-hybridized carbons (Fsp3) is 0.316. The molecule has 0 radical (unpaired) electrons. The van der Waals surface area contributed by atoms with Gasteiger partial charge in [0.2, 0.25) is 5.91 Å². The van der Waals surface area contributed by atoms with Gasteiger partial charge in [0.15, 0.2) is 0 Å². The van der Waals surface area contributed by atoms with Crippen LogP contribution in [0.3, 0.4) is 0 Å². The predicted octanol–water partition coefficient (Wildman–Crippen LogP) is 4.30. The van der Waals surface area contributed by atoms with E-state index in [0.29, 0.717) is 16.1 Å². The van der Waals surface area contributed by atoms with Crippen LogP contribution in [0.25, 0.3) is 6.08 Å². The van der Waals surface area contributed by atoms with E-state index in [1.54, 1.807) is 24.3 Å². The minimum absolute atomic E-state index is 0.0638. The Morgan fingerprint density at radius 2 is 1.69 bits per heavy atom. The Morgan fingerprint density at radius 1 is 1.04 bits per heavy atom. The lowest BCUT2D eigenvalue weighted by Gasteiger charge is -2.28. The molecular formula is C19H19Cl2N3O2. The van der Waals surface area contributed by atoms with Crippen LogP contribution >= 0.6 is 23.2 Å². The molecule has 1 N–H and O–H groups in total. The maximum atomic E-state index is 12.1. The molecule has 0 saturated heterocycles. The van der Waals surface area contributed by atoms with Crippen molar-refractivity contribution in [1.29, 1.82) is 0 Å². The third-order valence-electron chi connectivity index (χ3n) is 4.19. The molecule has 0 atom stereocenters. The minimum Gasteiger partial charge on any atom is -0.460 e. The third kappa shape index (κ3) is 5.71. The Balaban J connectivity index is 1.42. The van der Waals surface area contributed by atoms with Crippen molar-refractivity contribution in [2.45, 2.75) is 37.8 Å². The minimum atomic E-state index is -0.0923. The van der Waals surface area contributed by atoms with E-state index in [2.05, 4.69) is 15.3 Å². The van der Waals surface area contributed by atoms with Crippen LogP contribution in [-0.4, -0.2) is 28.0 Å². The zero-order valence-electron chi connectivity index (χ0n) is 14.1. The number of hydrogen-bond acceptors (Lipinski definition) is 4. The van der Waals surface area contributed by atoms with Crippen LogP contribution in [0.15, 0.2) is 42.7 Å². The van der Waals surface area contributed by atoms with Gasteiger partial charge in [0.05, 0.1) is 17.4 Å². The fourth-order valence-electron chi connectivity index (χ4n) is 2.83. The average molecular weight is 392 g/mol. The quantitative estimate of drug-likeness (QED) is 0.771. The second kappa shape index (κ2) is 9.01. The van der Waals surface area contributed by atoms with E-state index in [0.717, 1.165) is 31.2 Å². The highest BCUT2D eigenvalue weighted by Gasteiger charge is 2.23. The molecule has 3 rings (SSSR count). The lowest BCUT2D eigenvalue weighted by atomic mass is 9.93. The summed E-state index contributed by atoms with van der Waals surface area (Å²) in [6, 6.07) is 7.83. The van der Waals surface area contributed by atoms with E-state index in [1.807, 2.05) is 12.1 Å². The summed E-state index contributed by atoms with van der Waals surface area (Å²) in [6.45, 7) is 0. The van der Waals surface area contributed by atoms with Crippen LogP contribution in [0.2, 0.25) is 10.0 Å². The number of rotatable bonds is 5. The lowest BCUT2D eigenvalue weighted by molar-refractivity contribution is -0.117. The van der Waals surface area contributed by atoms with Gasteiger partial charge in [-0.05, 0) is 49.5 Å². The van der Waals surface area contributed by atoms with Crippen LogP contribution in [0.1, 0.15) is 31.2 Å². The molecule has 1 fully saturated rings. The number of carbonyl (C=O) groups is 1. The van der Waals surface area contributed by atoms with Crippen molar-refractivity contribution in [1.82, 2.24) is 15.3 Å². The van der Waals surface area contributed by atoms with E-state index >= 15 is 0 Å². The van der Waals surface area contributed by atoms with Gasteiger partial charge in [0.25, 0.3) is 0 Å². The number of carbonyl (C=O) groups excluding carboxylic acids is 1. The molecule has 2 aromatic rings. The number of nitrogens with zero attached hydrogens (tertiary/aromatic N) is 2. The topological polar surface area (TPSA) is 64.1 Å². The molecule has 7 heteroatoms. The van der Waals surface area contributed by atoms with Crippen molar-refractivity contribution in [3.63, 3.8) is 0 Å². The van der Waals surface area contributed by atoms with Crippen molar-refractivity contribution in [2.24, 2.45) is 0 Å². The lowest BCUT2D eigenvalue weighted by Crippen LogP contribution is -2.39. The number of amides is 1. The van der Waals surface area contributed by atoms with Crippen molar-refractivity contribution >= 4 is 35.2 Å². The number of hydrogen-bond donors (Lipinski definition) is 1. The van der Waals surface area contributed by atoms with Gasteiger partial charge in [-0.25, -0.2) is 9.97 Å². The smallest absolute Gasteiger partial charge is 0.316 e. The molecular weight excluding hydrogens is 373 g/mol. The molecule has 1 aromatic carbocycles. The maximum Gasteiger partial charge on any atom is 0.316 e. The molecule has 1 aromatic heterocycles. The zero-order chi connectivity index (χ0) is 18.4. The molecule has 1 heterocycles. The van der Waals surface area contributed by atoms with Gasteiger partial charge < -0.3 is 10.1 Å². The molecule has 1 aliphatic rings. The Hall–Kier alpha value is -2.11. The first-order chi connectivity index (χ1) is 12.6. The molecule has 0 bridgehead atoms. The number of benzene rings is 1. The summed E-state index contributed by atoms with van der Waals surface area (Å²) in [7, 11) is 0. The molecule has 0 spiro atoms. The third-order valence-corrected chi connectivity index (χ3v) is 4.63. The normalized spacial score (nSPS) is 20.1. The SMILES string of the molecule is O=C(/C=C/c1ccc(Cl)cc1)NC1CCC(Oc2ncc(Cl)cn2)CC1. The van der Waals surface area contributed by atoms with Gasteiger partial charge in [0.1, 0.15) is 6.10 Å². The Bertz CT molecular complexity index is 755. The molecule has 136 valence electrons. The first kappa shape index (κ1) is 18.7. The number of aromatic nitrogens is 2. The zero-order valence-corrected chi connectivity index (χ0v) is 15.6. The molecule has 26 heavy (non-hydrogen) atoms. The summed E-state index contributed by atoms with van der Waals surface area (Å²) in [5.74, 6) is -0.0923. The van der Waals surface area contributed by atoms with Crippen LogP contribution < -0.4 is 10.1 Å². The van der Waals surface area contributed by atoms with Gasteiger partial charge in [0, 0.05) is 17.1 Å². The highest BCUT2D eigenvalue weighted by atomic mass is 35.5. The van der Waals surface area contributed by atoms with E-state index in [9.17, 15) is 4.79 Å². The largest absolute Gasteiger partial charge is 0.460 e. The molecule has 1 saturated carbocycles. The standard InChI is InChI=1S/C19H19Cl2N3O2/c20-14-4-1-13(2-5-14)3-10-18(25)24-16-6-8-17(9-7-16)26-19-22-11-15(21)12-23-19/h1-5,10-12,16-17H,6-9H2,(H,24,25)/b10-3+. The van der Waals surface area contributed by atoms with E-state index in [4.69, 9.17) is 27.9 Å². The van der Waals surface area contributed by atoms with Crippen molar-refractivity contribution in [3.05, 3.63) is 58.3 Å².